The fourth-order valence-electron chi connectivity index (χ4n) is 3.76. The molecule has 4 heterocycles. The highest BCUT2D eigenvalue weighted by atomic mass is 32.2. The van der Waals surface area contributed by atoms with Gasteiger partial charge in [0.2, 0.25) is 20.9 Å². The van der Waals surface area contributed by atoms with Crippen LogP contribution in [0.25, 0.3) is 16.9 Å². The molecule has 0 unspecified atom stereocenters. The summed E-state index contributed by atoms with van der Waals surface area (Å²) in [5, 5.41) is -0.212. The van der Waals surface area contributed by atoms with Gasteiger partial charge < -0.3 is 14.4 Å². The van der Waals surface area contributed by atoms with E-state index in [9.17, 15) is 18.0 Å². The van der Waals surface area contributed by atoms with Crippen molar-refractivity contribution in [2.24, 2.45) is 7.05 Å². The average Bonchev–Trinajstić information content (AvgIpc) is 3.02. The van der Waals surface area contributed by atoms with Gasteiger partial charge in [0, 0.05) is 51.5 Å². The minimum atomic E-state index is -3.67. The van der Waals surface area contributed by atoms with Gasteiger partial charge in [-0.2, -0.15) is 9.97 Å². The van der Waals surface area contributed by atoms with Crippen LogP contribution in [0.3, 0.4) is 0 Å². The molecular weight excluding hydrogens is 476 g/mol. The normalized spacial score (nSPS) is 15.4. The van der Waals surface area contributed by atoms with Crippen LogP contribution in [-0.4, -0.2) is 74.8 Å². The number of aromatic nitrogens is 5. The van der Waals surface area contributed by atoms with Crippen molar-refractivity contribution in [3.63, 3.8) is 0 Å². The van der Waals surface area contributed by atoms with Crippen molar-refractivity contribution >= 4 is 27.0 Å². The van der Waals surface area contributed by atoms with Crippen LogP contribution in [-0.2, 0) is 21.6 Å². The fourth-order valence-corrected chi connectivity index (χ4v) is 4.26. The van der Waals surface area contributed by atoms with E-state index in [1.807, 2.05) is 20.8 Å². The second kappa shape index (κ2) is 8.95. The van der Waals surface area contributed by atoms with Crippen molar-refractivity contribution in [1.82, 2.24) is 29.2 Å². The Bertz CT molecular complexity index is 1430. The van der Waals surface area contributed by atoms with Gasteiger partial charge in [-0.3, -0.25) is 4.79 Å². The first-order valence-corrected chi connectivity index (χ1v) is 13.0. The summed E-state index contributed by atoms with van der Waals surface area (Å²) in [6.45, 7) is 6.49. The number of amides is 1. The van der Waals surface area contributed by atoms with Gasteiger partial charge in [-0.25, -0.2) is 27.6 Å². The van der Waals surface area contributed by atoms with E-state index in [0.717, 1.165) is 6.26 Å². The maximum absolute atomic E-state index is 12.7. The van der Waals surface area contributed by atoms with Gasteiger partial charge in [0.1, 0.15) is 17.1 Å². The van der Waals surface area contributed by atoms with Crippen molar-refractivity contribution in [1.29, 1.82) is 0 Å². The van der Waals surface area contributed by atoms with Gasteiger partial charge in [-0.05, 0) is 26.8 Å². The van der Waals surface area contributed by atoms with E-state index in [1.165, 1.54) is 22.6 Å². The average molecular weight is 505 g/mol. The molecule has 0 saturated carbocycles. The SMILES string of the molecule is Cn1c(=O)c2cnc(S(C)(=O)=O)nc2n1-c1cccc(OC2CCN(C(=O)OC(C)(C)C)CC2)n1. The third-order valence-electron chi connectivity index (χ3n) is 5.41. The van der Waals surface area contributed by atoms with Gasteiger partial charge >= 0.3 is 6.09 Å². The molecule has 0 N–H and O–H groups in total. The number of rotatable bonds is 4. The lowest BCUT2D eigenvalue weighted by Gasteiger charge is -2.33. The van der Waals surface area contributed by atoms with Gasteiger partial charge in [-0.15, -0.1) is 0 Å². The van der Waals surface area contributed by atoms with E-state index in [-0.39, 0.29) is 33.9 Å². The molecule has 1 aliphatic heterocycles. The quantitative estimate of drug-likeness (QED) is 0.486. The smallest absolute Gasteiger partial charge is 0.410 e. The number of carbonyl (C=O) groups excluding carboxylic acids is 1. The fraction of sp³-hybridized carbons (Fsp3) is 0.500. The molecule has 4 rings (SSSR count). The maximum Gasteiger partial charge on any atom is 0.410 e. The Kier molecular flexibility index (Phi) is 6.30. The molecule has 3 aromatic heterocycles. The van der Waals surface area contributed by atoms with Crippen LogP contribution >= 0.6 is 0 Å². The largest absolute Gasteiger partial charge is 0.474 e. The first-order valence-electron chi connectivity index (χ1n) is 11.1. The lowest BCUT2D eigenvalue weighted by molar-refractivity contribution is 0.0123. The molecule has 3 aromatic rings. The number of nitrogens with zero attached hydrogens (tertiary/aromatic N) is 6. The molecule has 35 heavy (non-hydrogen) atoms. The zero-order valence-electron chi connectivity index (χ0n) is 20.3. The van der Waals surface area contributed by atoms with E-state index in [0.29, 0.717) is 37.6 Å². The van der Waals surface area contributed by atoms with Crippen LogP contribution in [0, 0.1) is 0 Å². The summed E-state index contributed by atoms with van der Waals surface area (Å²) in [5.74, 6) is 0.673. The Hall–Kier alpha value is -3.48. The molecule has 1 amide bonds. The summed E-state index contributed by atoms with van der Waals surface area (Å²) in [6.07, 6.45) is 2.94. The summed E-state index contributed by atoms with van der Waals surface area (Å²) >= 11 is 0. The topological polar surface area (TPSA) is 139 Å². The van der Waals surface area contributed by atoms with Crippen molar-refractivity contribution in [3.8, 4) is 11.7 Å². The highest BCUT2D eigenvalue weighted by molar-refractivity contribution is 7.90. The molecule has 0 spiro atoms. The molecule has 13 heteroatoms. The van der Waals surface area contributed by atoms with Crippen LogP contribution < -0.4 is 10.3 Å². The van der Waals surface area contributed by atoms with Crippen LogP contribution in [0.5, 0.6) is 5.88 Å². The second-order valence-corrected chi connectivity index (χ2v) is 11.3. The van der Waals surface area contributed by atoms with Crippen LogP contribution in [0.1, 0.15) is 33.6 Å². The van der Waals surface area contributed by atoms with Crippen molar-refractivity contribution < 1.29 is 22.7 Å². The number of likely N-dealkylation sites (tertiary alicyclic amines) is 1. The Labute approximate surface area is 202 Å². The summed E-state index contributed by atoms with van der Waals surface area (Å²) in [4.78, 5) is 39.1. The van der Waals surface area contributed by atoms with E-state index in [2.05, 4.69) is 15.0 Å². The highest BCUT2D eigenvalue weighted by Crippen LogP contribution is 2.22. The standard InChI is InChI=1S/C22H28N6O6S/c1-22(2,3)34-21(30)27-11-9-14(10-12-27)33-17-8-6-7-16(24-17)28-18-15(19(29)26(28)4)13-23-20(25-18)35(5,31)32/h6-8,13-14H,9-12H2,1-5H3. The Morgan fingerprint density at radius 1 is 1.14 bits per heavy atom. The molecule has 188 valence electrons. The minimum absolute atomic E-state index is 0.128. The molecule has 0 bridgehead atoms. The second-order valence-electron chi connectivity index (χ2n) is 9.42. The summed E-state index contributed by atoms with van der Waals surface area (Å²) in [7, 11) is -2.14. The van der Waals surface area contributed by atoms with Gasteiger partial charge in [0.15, 0.2) is 11.5 Å². The van der Waals surface area contributed by atoms with Crippen molar-refractivity contribution in [2.45, 2.75) is 50.5 Å². The summed E-state index contributed by atoms with van der Waals surface area (Å²) in [6, 6.07) is 5.09. The third kappa shape index (κ3) is 5.29. The summed E-state index contributed by atoms with van der Waals surface area (Å²) in [5.41, 5.74) is -0.809. The number of piperidine rings is 1. The van der Waals surface area contributed by atoms with E-state index in [4.69, 9.17) is 9.47 Å². The number of fused-ring (bicyclic) bond motifs is 1. The van der Waals surface area contributed by atoms with Crippen LogP contribution in [0.15, 0.2) is 34.3 Å². The molecular formula is C22H28N6O6S. The lowest BCUT2D eigenvalue weighted by atomic mass is 10.1. The molecule has 1 fully saturated rings. The lowest BCUT2D eigenvalue weighted by Crippen LogP contribution is -2.44. The first-order chi connectivity index (χ1) is 16.3. The Balaban J connectivity index is 1.55. The highest BCUT2D eigenvalue weighted by Gasteiger charge is 2.28. The van der Waals surface area contributed by atoms with Gasteiger partial charge in [0.05, 0.1) is 0 Å². The molecule has 12 nitrogen and oxygen atoms in total. The molecule has 1 saturated heterocycles. The zero-order valence-corrected chi connectivity index (χ0v) is 21.1. The van der Waals surface area contributed by atoms with Crippen molar-refractivity contribution in [3.05, 3.63) is 34.7 Å². The molecule has 0 aliphatic carbocycles. The van der Waals surface area contributed by atoms with Crippen LogP contribution in [0.2, 0.25) is 0 Å². The monoisotopic (exact) mass is 504 g/mol. The first kappa shape index (κ1) is 24.6. The van der Waals surface area contributed by atoms with E-state index in [1.54, 1.807) is 23.1 Å². The van der Waals surface area contributed by atoms with Crippen molar-refractivity contribution in [2.75, 3.05) is 19.3 Å². The number of sulfone groups is 1. The molecule has 1 aliphatic rings. The number of hydrogen-bond acceptors (Lipinski definition) is 9. The minimum Gasteiger partial charge on any atom is -0.474 e. The maximum atomic E-state index is 12.7. The Morgan fingerprint density at radius 3 is 2.46 bits per heavy atom. The van der Waals surface area contributed by atoms with Gasteiger partial charge in [0.25, 0.3) is 5.56 Å². The molecule has 0 radical (unpaired) electrons. The van der Waals surface area contributed by atoms with Crippen LogP contribution in [0.4, 0.5) is 4.79 Å². The van der Waals surface area contributed by atoms with Gasteiger partial charge in [-0.1, -0.05) is 6.07 Å². The molecule has 0 atom stereocenters. The summed E-state index contributed by atoms with van der Waals surface area (Å²) < 4.78 is 38.1. The predicted octanol–water partition coefficient (Wildman–Crippen LogP) is 1.70. The van der Waals surface area contributed by atoms with E-state index < -0.39 is 15.4 Å². The number of pyridine rings is 1. The number of carbonyl (C=O) groups is 1. The Morgan fingerprint density at radius 2 is 1.83 bits per heavy atom. The van der Waals surface area contributed by atoms with E-state index >= 15 is 0 Å². The third-order valence-corrected chi connectivity index (χ3v) is 6.27. The zero-order chi connectivity index (χ0) is 25.5. The number of ether oxygens (including phenoxy) is 2. The predicted molar refractivity (Wildman–Crippen MR) is 126 cm³/mol. The number of hydrogen-bond donors (Lipinski definition) is 0. The molecule has 0 aromatic carbocycles.